The van der Waals surface area contributed by atoms with E-state index in [1.54, 1.807) is 35.4 Å². The van der Waals surface area contributed by atoms with Crippen LogP contribution in [0.2, 0.25) is 5.02 Å². The molecule has 0 aliphatic carbocycles. The highest BCUT2D eigenvalue weighted by atomic mass is 35.5. The molecule has 180 valence electrons. The van der Waals surface area contributed by atoms with Gasteiger partial charge in [-0.3, -0.25) is 29.2 Å². The number of carbonyl (C=O) groups is 3. The van der Waals surface area contributed by atoms with Crippen LogP contribution in [0.5, 0.6) is 0 Å². The lowest BCUT2D eigenvalue weighted by molar-refractivity contribution is -0.143. The first kappa shape index (κ1) is 24.3. The zero-order chi connectivity index (χ0) is 24.1. The number of piperazine rings is 1. The van der Waals surface area contributed by atoms with Crippen LogP contribution in [0.4, 0.5) is 0 Å². The second-order valence-corrected chi connectivity index (χ2v) is 9.18. The third-order valence-electron chi connectivity index (χ3n) is 6.62. The van der Waals surface area contributed by atoms with Crippen molar-refractivity contribution in [3.8, 4) is 0 Å². The average Bonchev–Trinajstić information content (AvgIpc) is 3.08. The van der Waals surface area contributed by atoms with Crippen LogP contribution < -0.4 is 0 Å². The number of nitrogens with zero attached hydrogens (tertiary/aromatic N) is 4. The van der Waals surface area contributed by atoms with Crippen molar-refractivity contribution < 1.29 is 19.1 Å². The molecule has 2 fully saturated rings. The number of methoxy groups -OCH3 is 1. The number of hydrogen-bond donors (Lipinski definition) is 0. The molecule has 2 aliphatic rings. The number of imide groups is 1. The maximum Gasteiger partial charge on any atom is 0.241 e. The quantitative estimate of drug-likeness (QED) is 0.534. The minimum Gasteiger partial charge on any atom is -0.383 e. The molecule has 9 heteroatoms. The normalized spacial score (nSPS) is 21.4. The van der Waals surface area contributed by atoms with E-state index in [2.05, 4.69) is 9.88 Å². The highest BCUT2D eigenvalue weighted by Crippen LogP contribution is 2.43. The Morgan fingerprint density at radius 3 is 2.56 bits per heavy atom. The Morgan fingerprint density at radius 2 is 1.88 bits per heavy atom. The fourth-order valence-corrected chi connectivity index (χ4v) is 5.09. The summed E-state index contributed by atoms with van der Waals surface area (Å²) in [7, 11) is 1.52. The van der Waals surface area contributed by atoms with E-state index in [9.17, 15) is 14.4 Å². The van der Waals surface area contributed by atoms with Gasteiger partial charge in [-0.2, -0.15) is 0 Å². The molecule has 8 nitrogen and oxygen atoms in total. The summed E-state index contributed by atoms with van der Waals surface area (Å²) in [6, 6.07) is 10.9. The molecule has 2 aromatic rings. The predicted molar refractivity (Wildman–Crippen MR) is 127 cm³/mol. The molecular weight excluding hydrogens is 456 g/mol. The van der Waals surface area contributed by atoms with Gasteiger partial charge in [-0.25, -0.2) is 0 Å². The second kappa shape index (κ2) is 10.6. The molecule has 3 amide bonds. The molecule has 4 rings (SSSR count). The van der Waals surface area contributed by atoms with Crippen LogP contribution in [0.15, 0.2) is 48.8 Å². The summed E-state index contributed by atoms with van der Waals surface area (Å²) < 4.78 is 5.07. The van der Waals surface area contributed by atoms with Crippen LogP contribution >= 0.6 is 11.6 Å². The molecule has 1 unspecified atom stereocenters. The van der Waals surface area contributed by atoms with E-state index in [1.807, 2.05) is 18.3 Å². The lowest BCUT2D eigenvalue weighted by Gasteiger charge is -2.37. The van der Waals surface area contributed by atoms with Crippen molar-refractivity contribution in [3.63, 3.8) is 0 Å². The van der Waals surface area contributed by atoms with Crippen molar-refractivity contribution in [1.29, 1.82) is 0 Å². The van der Waals surface area contributed by atoms with Gasteiger partial charge in [0.25, 0.3) is 0 Å². The van der Waals surface area contributed by atoms with Crippen molar-refractivity contribution >= 4 is 29.3 Å². The zero-order valence-corrected chi connectivity index (χ0v) is 20.0. The SMILES string of the molecule is COCCN1C(=O)CC(CC(=O)N2CCN(Cc3cccnc3)CC2)(c2ccccc2Cl)C1=O. The number of rotatable bonds is 8. The Kier molecular flexibility index (Phi) is 7.60. The van der Waals surface area contributed by atoms with Crippen LogP contribution in [-0.4, -0.2) is 83.8 Å². The summed E-state index contributed by atoms with van der Waals surface area (Å²) in [5, 5.41) is 0.381. The predicted octanol–water partition coefficient (Wildman–Crippen LogP) is 2.11. The lowest BCUT2D eigenvalue weighted by atomic mass is 9.75. The third kappa shape index (κ3) is 4.99. The Balaban J connectivity index is 1.49. The number of aromatic nitrogens is 1. The maximum absolute atomic E-state index is 13.6. The molecule has 1 atom stereocenters. The number of amides is 3. The van der Waals surface area contributed by atoms with Gasteiger partial charge in [0.1, 0.15) is 0 Å². The Bertz CT molecular complexity index is 1040. The first-order chi connectivity index (χ1) is 16.4. The second-order valence-electron chi connectivity index (χ2n) is 8.78. The molecule has 0 saturated carbocycles. The summed E-state index contributed by atoms with van der Waals surface area (Å²) in [5.41, 5.74) is 0.359. The molecule has 1 aromatic heterocycles. The van der Waals surface area contributed by atoms with Crippen molar-refractivity contribution in [2.75, 3.05) is 46.4 Å². The van der Waals surface area contributed by atoms with E-state index in [0.717, 1.165) is 25.2 Å². The standard InChI is InChI=1S/C25H29ClN4O4/c1-34-14-13-30-23(32)16-25(24(30)33,20-6-2-3-7-21(20)26)15-22(31)29-11-9-28(10-12-29)18-19-5-4-8-27-17-19/h2-8,17H,9-16,18H2,1H3. The number of carbonyl (C=O) groups excluding carboxylic acids is 3. The minimum atomic E-state index is -1.30. The molecule has 0 bridgehead atoms. The molecule has 0 N–H and O–H groups in total. The fourth-order valence-electron chi connectivity index (χ4n) is 4.78. The summed E-state index contributed by atoms with van der Waals surface area (Å²) in [6.45, 7) is 3.75. The Labute approximate surface area is 204 Å². The van der Waals surface area contributed by atoms with E-state index < -0.39 is 5.41 Å². The summed E-state index contributed by atoms with van der Waals surface area (Å²) in [4.78, 5) is 49.3. The average molecular weight is 485 g/mol. The van der Waals surface area contributed by atoms with Crippen molar-refractivity contribution in [2.24, 2.45) is 0 Å². The van der Waals surface area contributed by atoms with Crippen molar-refractivity contribution in [2.45, 2.75) is 24.8 Å². The number of benzene rings is 1. The first-order valence-corrected chi connectivity index (χ1v) is 11.8. The molecule has 2 aliphatic heterocycles. The third-order valence-corrected chi connectivity index (χ3v) is 6.95. The number of ether oxygens (including phenoxy) is 1. The van der Waals surface area contributed by atoms with Crippen molar-refractivity contribution in [3.05, 3.63) is 64.9 Å². The topological polar surface area (TPSA) is 83.1 Å². The first-order valence-electron chi connectivity index (χ1n) is 11.4. The van der Waals surface area contributed by atoms with Gasteiger partial charge >= 0.3 is 0 Å². The minimum absolute atomic E-state index is 0.0774. The summed E-state index contributed by atoms with van der Waals surface area (Å²) in [5.74, 6) is -0.835. The largest absolute Gasteiger partial charge is 0.383 e. The van der Waals surface area contributed by atoms with Crippen LogP contribution in [0.25, 0.3) is 0 Å². The molecule has 34 heavy (non-hydrogen) atoms. The number of pyridine rings is 1. The fraction of sp³-hybridized carbons (Fsp3) is 0.440. The van der Waals surface area contributed by atoms with Gasteiger partial charge in [-0.1, -0.05) is 35.9 Å². The van der Waals surface area contributed by atoms with Gasteiger partial charge in [-0.15, -0.1) is 0 Å². The monoisotopic (exact) mass is 484 g/mol. The number of halogens is 1. The van der Waals surface area contributed by atoms with E-state index in [4.69, 9.17) is 16.3 Å². The zero-order valence-electron chi connectivity index (χ0n) is 19.3. The Morgan fingerprint density at radius 1 is 1.12 bits per heavy atom. The van der Waals surface area contributed by atoms with Crippen LogP contribution in [0.3, 0.4) is 0 Å². The van der Waals surface area contributed by atoms with E-state index >= 15 is 0 Å². The summed E-state index contributed by atoms with van der Waals surface area (Å²) >= 11 is 6.48. The number of hydrogen-bond acceptors (Lipinski definition) is 6. The van der Waals surface area contributed by atoms with Crippen LogP contribution in [0, 0.1) is 0 Å². The van der Waals surface area contributed by atoms with Crippen LogP contribution in [-0.2, 0) is 31.1 Å². The van der Waals surface area contributed by atoms with Crippen LogP contribution in [0.1, 0.15) is 24.0 Å². The van der Waals surface area contributed by atoms with Gasteiger partial charge in [0.05, 0.1) is 18.6 Å². The van der Waals surface area contributed by atoms with E-state index in [1.165, 1.54) is 12.0 Å². The highest BCUT2D eigenvalue weighted by molar-refractivity contribution is 6.32. The van der Waals surface area contributed by atoms with Gasteiger partial charge in [-0.05, 0) is 23.3 Å². The summed E-state index contributed by atoms with van der Waals surface area (Å²) in [6.07, 6.45) is 3.43. The van der Waals surface area contributed by atoms with Gasteiger partial charge in [0, 0.05) is 70.1 Å². The van der Waals surface area contributed by atoms with Gasteiger partial charge < -0.3 is 9.64 Å². The van der Waals surface area contributed by atoms with Gasteiger partial charge in [0.2, 0.25) is 17.7 Å². The molecule has 2 saturated heterocycles. The van der Waals surface area contributed by atoms with E-state index in [0.29, 0.717) is 23.7 Å². The maximum atomic E-state index is 13.6. The Hall–Kier alpha value is -2.81. The molecule has 0 radical (unpaired) electrons. The molecule has 3 heterocycles. The molecular formula is C25H29ClN4O4. The molecule has 0 spiro atoms. The number of likely N-dealkylation sites (tertiary alicyclic amines) is 1. The highest BCUT2D eigenvalue weighted by Gasteiger charge is 2.54. The molecule has 1 aromatic carbocycles. The van der Waals surface area contributed by atoms with Crippen molar-refractivity contribution in [1.82, 2.24) is 19.7 Å². The van der Waals surface area contributed by atoms with Gasteiger partial charge in [0.15, 0.2) is 0 Å². The lowest BCUT2D eigenvalue weighted by Crippen LogP contribution is -2.50. The smallest absolute Gasteiger partial charge is 0.241 e. The van der Waals surface area contributed by atoms with E-state index in [-0.39, 0.29) is 43.7 Å².